The molecule has 0 fully saturated rings. The molecule has 2 N–H and O–H groups in total. The van der Waals surface area contributed by atoms with Crippen LogP contribution in [0.1, 0.15) is 32.3 Å². The van der Waals surface area contributed by atoms with Crippen LogP contribution in [0.25, 0.3) is 11.0 Å². The number of fused-ring (bicyclic) bond motifs is 1. The molecule has 0 atom stereocenters. The molecule has 2 heterocycles. The Morgan fingerprint density at radius 2 is 2.00 bits per heavy atom. The van der Waals surface area contributed by atoms with Crippen molar-refractivity contribution in [1.82, 2.24) is 14.5 Å². The van der Waals surface area contributed by atoms with Gasteiger partial charge in [0.15, 0.2) is 0 Å². The number of nitrogens with two attached hydrogens (primary N) is 1. The number of nitrogens with zero attached hydrogens (tertiary/aromatic N) is 3. The Morgan fingerprint density at radius 1 is 1.29 bits per heavy atom. The van der Waals surface area contributed by atoms with Crippen molar-refractivity contribution in [3.8, 4) is 0 Å². The van der Waals surface area contributed by atoms with Gasteiger partial charge in [0.05, 0.1) is 16.7 Å². The summed E-state index contributed by atoms with van der Waals surface area (Å²) in [5.74, 6) is 0.838. The normalized spacial score (nSPS) is 10.2. The smallest absolute Gasteiger partial charge is 0.126 e. The third kappa shape index (κ3) is 2.82. The van der Waals surface area contributed by atoms with E-state index in [4.69, 9.17) is 5.73 Å². The summed E-state index contributed by atoms with van der Waals surface area (Å²) in [4.78, 5) is 8.88. The van der Waals surface area contributed by atoms with E-state index in [1.165, 1.54) is 0 Å². The first-order valence-electron chi connectivity index (χ1n) is 6.28. The lowest BCUT2D eigenvalue weighted by molar-refractivity contribution is 0.729. The van der Waals surface area contributed by atoms with E-state index < -0.39 is 0 Å². The lowest BCUT2D eigenvalue weighted by atomic mass is 10.2. The van der Waals surface area contributed by atoms with Crippen LogP contribution >= 0.6 is 0 Å². The Balaban J connectivity index is 0.000000686. The van der Waals surface area contributed by atoms with Gasteiger partial charge in [-0.15, -0.1) is 0 Å². The molecule has 4 heteroatoms. The fraction of sp³-hybridized carbons (Fsp3) is 0.538. The minimum Gasteiger partial charge on any atom is -0.343 e. The predicted octanol–water partition coefficient (Wildman–Crippen LogP) is 2.29. The van der Waals surface area contributed by atoms with Gasteiger partial charge in [0, 0.05) is 19.3 Å². The standard InChI is InChI=1S/C11H16N4.C2H6/c1-3-9-11-10(14-8(2)13-9)4-6-15(11)7-5-12;1-2/h4,6H,3,5,7,12H2,1-2H3;1-2H3. The van der Waals surface area contributed by atoms with Crippen molar-refractivity contribution in [2.24, 2.45) is 5.73 Å². The van der Waals surface area contributed by atoms with Crippen LogP contribution in [0.5, 0.6) is 0 Å². The number of aromatic nitrogens is 3. The molecule has 0 spiro atoms. The van der Waals surface area contributed by atoms with Gasteiger partial charge in [0.25, 0.3) is 0 Å². The first-order chi connectivity index (χ1) is 8.26. The summed E-state index contributed by atoms with van der Waals surface area (Å²) in [5.41, 5.74) is 8.83. The molecular formula is C13H22N4. The molecule has 0 aliphatic heterocycles. The molecule has 0 aromatic carbocycles. The van der Waals surface area contributed by atoms with Crippen molar-refractivity contribution in [3.05, 3.63) is 23.8 Å². The van der Waals surface area contributed by atoms with Crippen molar-refractivity contribution >= 4 is 11.0 Å². The summed E-state index contributed by atoms with van der Waals surface area (Å²) in [6.07, 6.45) is 2.96. The van der Waals surface area contributed by atoms with E-state index in [0.717, 1.165) is 35.5 Å². The second-order valence-corrected chi connectivity index (χ2v) is 3.60. The van der Waals surface area contributed by atoms with Gasteiger partial charge in [-0.3, -0.25) is 0 Å². The van der Waals surface area contributed by atoms with Crippen LogP contribution in [0.15, 0.2) is 12.3 Å². The Kier molecular flexibility index (Phi) is 5.10. The summed E-state index contributed by atoms with van der Waals surface area (Å²) in [5, 5.41) is 0. The Hall–Kier alpha value is -1.42. The third-order valence-corrected chi connectivity index (χ3v) is 2.50. The molecule has 0 saturated carbocycles. The van der Waals surface area contributed by atoms with E-state index in [9.17, 15) is 0 Å². The van der Waals surface area contributed by atoms with Gasteiger partial charge >= 0.3 is 0 Å². The second kappa shape index (κ2) is 6.35. The fourth-order valence-corrected chi connectivity index (χ4v) is 1.88. The molecule has 0 amide bonds. The highest BCUT2D eigenvalue weighted by atomic mass is 15.0. The number of hydrogen-bond acceptors (Lipinski definition) is 3. The molecule has 4 nitrogen and oxygen atoms in total. The molecule has 0 unspecified atom stereocenters. The largest absolute Gasteiger partial charge is 0.343 e. The van der Waals surface area contributed by atoms with Crippen LogP contribution in [-0.4, -0.2) is 21.1 Å². The van der Waals surface area contributed by atoms with E-state index >= 15 is 0 Å². The predicted molar refractivity (Wildman–Crippen MR) is 72.0 cm³/mol. The molecular weight excluding hydrogens is 212 g/mol. The molecule has 0 radical (unpaired) electrons. The third-order valence-electron chi connectivity index (χ3n) is 2.50. The average Bonchev–Trinajstić information content (AvgIpc) is 2.74. The van der Waals surface area contributed by atoms with Crippen molar-refractivity contribution in [3.63, 3.8) is 0 Å². The van der Waals surface area contributed by atoms with E-state index in [1.54, 1.807) is 0 Å². The van der Waals surface area contributed by atoms with Crippen LogP contribution < -0.4 is 5.73 Å². The average molecular weight is 234 g/mol. The Labute approximate surface area is 103 Å². The maximum absolute atomic E-state index is 5.57. The van der Waals surface area contributed by atoms with Crippen LogP contribution in [0.4, 0.5) is 0 Å². The van der Waals surface area contributed by atoms with E-state index in [2.05, 4.69) is 21.5 Å². The first kappa shape index (κ1) is 13.6. The summed E-state index contributed by atoms with van der Waals surface area (Å²) in [7, 11) is 0. The van der Waals surface area contributed by atoms with Crippen molar-refractivity contribution in [2.75, 3.05) is 6.54 Å². The molecule has 0 aliphatic carbocycles. The minimum atomic E-state index is 0.640. The van der Waals surface area contributed by atoms with Crippen molar-refractivity contribution < 1.29 is 0 Å². The molecule has 0 aliphatic rings. The summed E-state index contributed by atoms with van der Waals surface area (Å²) in [6.45, 7) is 9.50. The molecule has 94 valence electrons. The number of aryl methyl sites for hydroxylation is 2. The topological polar surface area (TPSA) is 56.7 Å². The molecule has 2 aromatic heterocycles. The fourth-order valence-electron chi connectivity index (χ4n) is 1.88. The highest BCUT2D eigenvalue weighted by Crippen LogP contribution is 2.17. The van der Waals surface area contributed by atoms with Crippen molar-refractivity contribution in [1.29, 1.82) is 0 Å². The van der Waals surface area contributed by atoms with Gasteiger partial charge in [-0.25, -0.2) is 9.97 Å². The summed E-state index contributed by atoms with van der Waals surface area (Å²) < 4.78 is 2.13. The van der Waals surface area contributed by atoms with Gasteiger partial charge < -0.3 is 10.3 Å². The zero-order chi connectivity index (χ0) is 12.8. The lowest BCUT2D eigenvalue weighted by Gasteiger charge is -2.06. The first-order valence-corrected chi connectivity index (χ1v) is 6.28. The van der Waals surface area contributed by atoms with Crippen molar-refractivity contribution in [2.45, 2.75) is 40.7 Å². The molecule has 0 bridgehead atoms. The van der Waals surface area contributed by atoms with Crippen LogP contribution in [0.3, 0.4) is 0 Å². The van der Waals surface area contributed by atoms with Gasteiger partial charge in [0.2, 0.25) is 0 Å². The summed E-state index contributed by atoms with van der Waals surface area (Å²) in [6, 6.07) is 2.03. The van der Waals surface area contributed by atoms with E-state index in [-0.39, 0.29) is 0 Å². The zero-order valence-electron chi connectivity index (χ0n) is 11.2. The number of hydrogen-bond donors (Lipinski definition) is 1. The van der Waals surface area contributed by atoms with E-state index in [1.807, 2.05) is 33.0 Å². The molecule has 2 rings (SSSR count). The quantitative estimate of drug-likeness (QED) is 0.886. The van der Waals surface area contributed by atoms with Crippen LogP contribution in [0, 0.1) is 6.92 Å². The minimum absolute atomic E-state index is 0.640. The highest BCUT2D eigenvalue weighted by molar-refractivity contribution is 5.78. The monoisotopic (exact) mass is 234 g/mol. The molecule has 17 heavy (non-hydrogen) atoms. The molecule has 2 aromatic rings. The Morgan fingerprint density at radius 3 is 2.59 bits per heavy atom. The maximum atomic E-state index is 5.57. The van der Waals surface area contributed by atoms with Crippen LogP contribution in [0.2, 0.25) is 0 Å². The zero-order valence-corrected chi connectivity index (χ0v) is 11.2. The van der Waals surface area contributed by atoms with Crippen LogP contribution in [-0.2, 0) is 13.0 Å². The van der Waals surface area contributed by atoms with Gasteiger partial charge in [-0.2, -0.15) is 0 Å². The maximum Gasteiger partial charge on any atom is 0.126 e. The van der Waals surface area contributed by atoms with Gasteiger partial charge in [0.1, 0.15) is 5.82 Å². The van der Waals surface area contributed by atoms with E-state index in [0.29, 0.717) is 6.54 Å². The molecule has 0 saturated heterocycles. The SMILES string of the molecule is CC.CCc1nc(C)nc2ccn(CCN)c12. The Bertz CT molecular complexity index is 473. The summed E-state index contributed by atoms with van der Waals surface area (Å²) >= 11 is 0. The second-order valence-electron chi connectivity index (χ2n) is 3.60. The van der Waals surface area contributed by atoms with Gasteiger partial charge in [-0.1, -0.05) is 20.8 Å². The lowest BCUT2D eigenvalue weighted by Crippen LogP contribution is -2.10. The highest BCUT2D eigenvalue weighted by Gasteiger charge is 2.08. The number of rotatable bonds is 3. The van der Waals surface area contributed by atoms with Gasteiger partial charge in [-0.05, 0) is 19.4 Å².